The number of hydrogen-bond donors (Lipinski definition) is 2. The summed E-state index contributed by atoms with van der Waals surface area (Å²) >= 11 is 3.49. The fraction of sp³-hybridized carbons (Fsp3) is 0.400. The first kappa shape index (κ1) is 10.7. The molecule has 0 aliphatic heterocycles. The Morgan fingerprint density at radius 2 is 2.15 bits per heavy atom. The van der Waals surface area contributed by atoms with Crippen LogP contribution >= 0.6 is 15.9 Å². The Morgan fingerprint density at radius 3 is 2.77 bits per heavy atom. The van der Waals surface area contributed by atoms with Gasteiger partial charge in [0.15, 0.2) is 0 Å². The summed E-state index contributed by atoms with van der Waals surface area (Å²) in [5.41, 5.74) is 7.19. The lowest BCUT2D eigenvalue weighted by molar-refractivity contribution is 0.614. The normalized spacial score (nSPS) is 12.8. The van der Waals surface area contributed by atoms with Gasteiger partial charge in [0, 0.05) is 10.5 Å². The first-order valence-corrected chi connectivity index (χ1v) is 5.19. The molecule has 0 amide bonds. The lowest BCUT2D eigenvalue weighted by Gasteiger charge is -2.13. The summed E-state index contributed by atoms with van der Waals surface area (Å²) in [5, 5.41) is 3.09. The monoisotopic (exact) mass is 242 g/mol. The Hall–Kier alpha value is -0.380. The third-order valence-electron chi connectivity index (χ3n) is 2.01. The van der Waals surface area contributed by atoms with Gasteiger partial charge in [-0.1, -0.05) is 34.1 Å². The van der Waals surface area contributed by atoms with Crippen LogP contribution in [0.5, 0.6) is 0 Å². The van der Waals surface area contributed by atoms with Gasteiger partial charge in [-0.2, -0.15) is 0 Å². The summed E-state index contributed by atoms with van der Waals surface area (Å²) < 4.78 is 1.10. The lowest BCUT2D eigenvalue weighted by Crippen LogP contribution is -2.18. The molecular formula is C10H15BrN2. The number of nitrogens with one attached hydrogen (secondary N) is 1. The largest absolute Gasteiger partial charge is 0.324 e. The lowest BCUT2D eigenvalue weighted by atomic mass is 10.1. The second-order valence-electron chi connectivity index (χ2n) is 3.02. The van der Waals surface area contributed by atoms with Crippen LogP contribution in [0, 0.1) is 0 Å². The Labute approximate surface area is 87.6 Å². The van der Waals surface area contributed by atoms with Gasteiger partial charge in [0.2, 0.25) is 0 Å². The molecule has 2 nitrogen and oxygen atoms in total. The molecule has 72 valence electrons. The molecule has 1 atom stereocenters. The van der Waals surface area contributed by atoms with Crippen LogP contribution in [0.3, 0.4) is 0 Å². The molecule has 0 spiro atoms. The molecule has 0 heterocycles. The van der Waals surface area contributed by atoms with E-state index in [9.17, 15) is 0 Å². The van der Waals surface area contributed by atoms with Crippen molar-refractivity contribution in [2.75, 3.05) is 13.6 Å². The molecule has 0 saturated carbocycles. The fourth-order valence-corrected chi connectivity index (χ4v) is 1.81. The summed E-state index contributed by atoms with van der Waals surface area (Å²) in [5.74, 6) is 0. The molecule has 0 radical (unpaired) electrons. The number of rotatable bonds is 4. The number of benzene rings is 1. The van der Waals surface area contributed by atoms with Crippen LogP contribution in [0.4, 0.5) is 0 Å². The zero-order valence-corrected chi connectivity index (χ0v) is 9.34. The van der Waals surface area contributed by atoms with Crippen molar-refractivity contribution in [2.24, 2.45) is 5.73 Å². The third kappa shape index (κ3) is 3.10. The molecule has 1 unspecified atom stereocenters. The van der Waals surface area contributed by atoms with Crippen LogP contribution in [0.2, 0.25) is 0 Å². The van der Waals surface area contributed by atoms with E-state index in [1.54, 1.807) is 0 Å². The standard InChI is InChI=1S/C10H15BrN2/c1-13-7-6-10(12)8-4-2-3-5-9(8)11/h2-5,10,13H,6-7,12H2,1H3. The van der Waals surface area contributed by atoms with E-state index in [4.69, 9.17) is 5.73 Å². The summed E-state index contributed by atoms with van der Waals surface area (Å²) in [6, 6.07) is 8.21. The molecule has 0 bridgehead atoms. The zero-order valence-electron chi connectivity index (χ0n) is 7.76. The van der Waals surface area contributed by atoms with Crippen molar-refractivity contribution in [3.05, 3.63) is 34.3 Å². The van der Waals surface area contributed by atoms with Crippen molar-refractivity contribution in [1.29, 1.82) is 0 Å². The van der Waals surface area contributed by atoms with Crippen molar-refractivity contribution < 1.29 is 0 Å². The predicted molar refractivity (Wildman–Crippen MR) is 59.6 cm³/mol. The first-order valence-electron chi connectivity index (χ1n) is 4.40. The van der Waals surface area contributed by atoms with Gasteiger partial charge in [0.25, 0.3) is 0 Å². The van der Waals surface area contributed by atoms with Gasteiger partial charge in [-0.15, -0.1) is 0 Å². The maximum atomic E-state index is 6.01. The van der Waals surface area contributed by atoms with Crippen LogP contribution in [0.15, 0.2) is 28.7 Å². The van der Waals surface area contributed by atoms with Crippen molar-refractivity contribution in [2.45, 2.75) is 12.5 Å². The van der Waals surface area contributed by atoms with E-state index in [-0.39, 0.29) is 6.04 Å². The van der Waals surface area contributed by atoms with E-state index in [1.165, 1.54) is 5.56 Å². The van der Waals surface area contributed by atoms with Gasteiger partial charge in [-0.05, 0) is 31.6 Å². The van der Waals surface area contributed by atoms with E-state index < -0.39 is 0 Å². The maximum Gasteiger partial charge on any atom is 0.0318 e. The fourth-order valence-electron chi connectivity index (χ4n) is 1.23. The summed E-state index contributed by atoms with van der Waals surface area (Å²) in [4.78, 5) is 0. The Balaban J connectivity index is 2.65. The minimum absolute atomic E-state index is 0.114. The Bertz CT molecular complexity index is 263. The number of hydrogen-bond acceptors (Lipinski definition) is 2. The quantitative estimate of drug-likeness (QED) is 0.849. The highest BCUT2D eigenvalue weighted by Gasteiger charge is 2.07. The maximum absolute atomic E-state index is 6.01. The molecule has 1 aromatic rings. The van der Waals surface area contributed by atoms with Gasteiger partial charge >= 0.3 is 0 Å². The molecule has 1 rings (SSSR count). The average Bonchev–Trinajstić information content (AvgIpc) is 2.15. The van der Waals surface area contributed by atoms with Crippen molar-refractivity contribution in [1.82, 2.24) is 5.32 Å². The zero-order chi connectivity index (χ0) is 9.68. The van der Waals surface area contributed by atoms with Crippen molar-refractivity contribution >= 4 is 15.9 Å². The molecular weight excluding hydrogens is 228 g/mol. The van der Waals surface area contributed by atoms with Crippen molar-refractivity contribution in [3.8, 4) is 0 Å². The van der Waals surface area contributed by atoms with E-state index in [0.717, 1.165) is 17.4 Å². The van der Waals surface area contributed by atoms with Crippen LogP contribution in [-0.2, 0) is 0 Å². The summed E-state index contributed by atoms with van der Waals surface area (Å²) in [6.45, 7) is 0.947. The molecule has 0 aromatic heterocycles. The molecule has 0 saturated heterocycles. The molecule has 13 heavy (non-hydrogen) atoms. The summed E-state index contributed by atoms with van der Waals surface area (Å²) in [6.07, 6.45) is 0.957. The van der Waals surface area contributed by atoms with Crippen LogP contribution in [-0.4, -0.2) is 13.6 Å². The molecule has 0 aliphatic rings. The second-order valence-corrected chi connectivity index (χ2v) is 3.87. The summed E-state index contributed by atoms with van der Waals surface area (Å²) in [7, 11) is 1.94. The van der Waals surface area contributed by atoms with E-state index in [0.29, 0.717) is 0 Å². The first-order chi connectivity index (χ1) is 6.25. The minimum atomic E-state index is 0.114. The average molecular weight is 243 g/mol. The Kier molecular flexibility index (Phi) is 4.42. The van der Waals surface area contributed by atoms with Crippen LogP contribution in [0.25, 0.3) is 0 Å². The SMILES string of the molecule is CNCCC(N)c1ccccc1Br. The smallest absolute Gasteiger partial charge is 0.0318 e. The van der Waals surface area contributed by atoms with Crippen LogP contribution < -0.4 is 11.1 Å². The highest BCUT2D eigenvalue weighted by molar-refractivity contribution is 9.10. The van der Waals surface area contributed by atoms with E-state index in [1.807, 2.05) is 25.2 Å². The second kappa shape index (κ2) is 5.37. The molecule has 3 N–H and O–H groups in total. The van der Waals surface area contributed by atoms with Gasteiger partial charge in [-0.25, -0.2) is 0 Å². The van der Waals surface area contributed by atoms with Gasteiger partial charge in [0.05, 0.1) is 0 Å². The van der Waals surface area contributed by atoms with Crippen LogP contribution in [0.1, 0.15) is 18.0 Å². The highest BCUT2D eigenvalue weighted by Crippen LogP contribution is 2.22. The molecule has 0 fully saturated rings. The van der Waals surface area contributed by atoms with Gasteiger partial charge in [-0.3, -0.25) is 0 Å². The predicted octanol–water partition coefficient (Wildman–Crippen LogP) is 2.06. The third-order valence-corrected chi connectivity index (χ3v) is 2.73. The minimum Gasteiger partial charge on any atom is -0.324 e. The topological polar surface area (TPSA) is 38.0 Å². The van der Waals surface area contributed by atoms with Gasteiger partial charge < -0.3 is 11.1 Å². The number of nitrogens with two attached hydrogens (primary N) is 1. The molecule has 3 heteroatoms. The van der Waals surface area contributed by atoms with E-state index in [2.05, 4.69) is 27.3 Å². The highest BCUT2D eigenvalue weighted by atomic mass is 79.9. The van der Waals surface area contributed by atoms with E-state index >= 15 is 0 Å². The Morgan fingerprint density at radius 1 is 1.46 bits per heavy atom. The number of halogens is 1. The van der Waals surface area contributed by atoms with Gasteiger partial charge in [0.1, 0.15) is 0 Å². The molecule has 1 aromatic carbocycles. The molecule has 0 aliphatic carbocycles. The van der Waals surface area contributed by atoms with Crippen molar-refractivity contribution in [3.63, 3.8) is 0 Å².